The fourth-order valence-corrected chi connectivity index (χ4v) is 3.35. The van der Waals surface area contributed by atoms with Crippen molar-refractivity contribution in [3.05, 3.63) is 89.9 Å². The van der Waals surface area contributed by atoms with Crippen LogP contribution >= 0.6 is 0 Å². The number of hydrogen-bond acceptors (Lipinski definition) is 4. The third kappa shape index (κ3) is 3.06. The molecule has 4 nitrogen and oxygen atoms in total. The number of carbonyl (C=O) groups excluding carboxylic acids is 2. The normalized spacial score (nSPS) is 21.0. The number of hydrogen-bond donors (Lipinski definition) is 0. The van der Waals surface area contributed by atoms with Crippen molar-refractivity contribution >= 4 is 17.4 Å². The number of ketones is 1. The van der Waals surface area contributed by atoms with Crippen molar-refractivity contribution < 1.29 is 14.3 Å². The molecular formula is C22H21NO3. The molecular weight excluding hydrogens is 326 g/mol. The maximum atomic E-state index is 12.2. The van der Waals surface area contributed by atoms with Crippen LogP contribution in [-0.4, -0.2) is 18.8 Å². The van der Waals surface area contributed by atoms with Crippen molar-refractivity contribution in [3.8, 4) is 0 Å². The zero-order valence-corrected chi connectivity index (χ0v) is 15.2. The van der Waals surface area contributed by atoms with Crippen LogP contribution in [0, 0.1) is 0 Å². The van der Waals surface area contributed by atoms with E-state index in [1.165, 1.54) is 17.7 Å². The van der Waals surface area contributed by atoms with E-state index in [4.69, 9.17) is 4.74 Å². The predicted molar refractivity (Wildman–Crippen MR) is 103 cm³/mol. The highest BCUT2D eigenvalue weighted by atomic mass is 16.5. The first kappa shape index (κ1) is 17.7. The molecule has 3 rings (SSSR count). The second-order valence-electron chi connectivity index (χ2n) is 6.74. The van der Waals surface area contributed by atoms with Gasteiger partial charge in [-0.05, 0) is 42.0 Å². The average molecular weight is 347 g/mol. The molecule has 0 N–H and O–H groups in total. The minimum atomic E-state index is -0.555. The van der Waals surface area contributed by atoms with Crippen LogP contribution in [0.1, 0.15) is 19.4 Å². The smallest absolute Gasteiger partial charge is 0.335 e. The molecule has 1 aromatic carbocycles. The summed E-state index contributed by atoms with van der Waals surface area (Å²) in [5.74, 6) is -0.363. The summed E-state index contributed by atoms with van der Waals surface area (Å²) in [6.07, 6.45) is 9.26. The maximum Gasteiger partial charge on any atom is 0.335 e. The standard InChI is InChI=1S/C22H21NO3/c1-5-21(25)26-16-11-12-19(24)15(14-16)10-13-20-22(2,3)17-8-6-7-9-18(17)23(20)4/h5-14H,1H2,2-4H3. The summed E-state index contributed by atoms with van der Waals surface area (Å²) in [6.45, 7) is 7.69. The van der Waals surface area contributed by atoms with Gasteiger partial charge >= 0.3 is 5.97 Å². The van der Waals surface area contributed by atoms with E-state index in [1.807, 2.05) is 25.3 Å². The van der Waals surface area contributed by atoms with E-state index in [0.29, 0.717) is 11.3 Å². The molecule has 1 heterocycles. The van der Waals surface area contributed by atoms with Crippen molar-refractivity contribution in [2.24, 2.45) is 0 Å². The van der Waals surface area contributed by atoms with Gasteiger partial charge in [-0.25, -0.2) is 4.79 Å². The molecule has 0 aromatic heterocycles. The number of rotatable bonds is 3. The molecule has 0 radical (unpaired) electrons. The van der Waals surface area contributed by atoms with Crippen molar-refractivity contribution in [1.29, 1.82) is 0 Å². The Morgan fingerprint density at radius 2 is 1.92 bits per heavy atom. The van der Waals surface area contributed by atoms with Gasteiger partial charge < -0.3 is 9.64 Å². The molecule has 0 unspecified atom stereocenters. The Balaban J connectivity index is 1.95. The zero-order valence-electron chi connectivity index (χ0n) is 15.2. The number of benzene rings is 1. The third-order valence-corrected chi connectivity index (χ3v) is 4.73. The second-order valence-corrected chi connectivity index (χ2v) is 6.74. The molecule has 1 aliphatic carbocycles. The van der Waals surface area contributed by atoms with E-state index in [-0.39, 0.29) is 11.2 Å². The molecule has 0 bridgehead atoms. The molecule has 4 heteroatoms. The van der Waals surface area contributed by atoms with E-state index in [2.05, 4.69) is 37.5 Å². The Bertz CT molecular complexity index is 913. The summed E-state index contributed by atoms with van der Waals surface area (Å²) in [7, 11) is 2.02. The van der Waals surface area contributed by atoms with Gasteiger partial charge in [-0.2, -0.15) is 0 Å². The Labute approximate surface area is 153 Å². The Kier molecular flexibility index (Phi) is 4.51. The summed E-state index contributed by atoms with van der Waals surface area (Å²) < 4.78 is 5.10. The molecule has 0 fully saturated rings. The summed E-state index contributed by atoms with van der Waals surface area (Å²) in [5.41, 5.74) is 3.79. The lowest BCUT2D eigenvalue weighted by molar-refractivity contribution is -0.133. The van der Waals surface area contributed by atoms with Crippen LogP contribution < -0.4 is 4.90 Å². The molecule has 1 aromatic rings. The number of allylic oxidation sites excluding steroid dienone is 7. The summed E-state index contributed by atoms with van der Waals surface area (Å²) in [5, 5.41) is 0. The van der Waals surface area contributed by atoms with Gasteiger partial charge in [0.1, 0.15) is 5.76 Å². The number of likely N-dealkylation sites (N-methyl/N-ethyl adjacent to an activating group) is 1. The van der Waals surface area contributed by atoms with Gasteiger partial charge in [-0.15, -0.1) is 0 Å². The van der Waals surface area contributed by atoms with Crippen LogP contribution in [0.3, 0.4) is 0 Å². The molecule has 26 heavy (non-hydrogen) atoms. The largest absolute Gasteiger partial charge is 0.423 e. The van der Waals surface area contributed by atoms with Crippen molar-refractivity contribution in [2.45, 2.75) is 19.3 Å². The number of fused-ring (bicyclic) bond motifs is 1. The molecule has 2 aliphatic rings. The summed E-state index contributed by atoms with van der Waals surface area (Å²) in [4.78, 5) is 25.6. The topological polar surface area (TPSA) is 46.6 Å². The first-order valence-corrected chi connectivity index (χ1v) is 8.38. The Hall–Kier alpha value is -3.14. The van der Waals surface area contributed by atoms with E-state index < -0.39 is 5.97 Å². The summed E-state index contributed by atoms with van der Waals surface area (Å²) >= 11 is 0. The van der Waals surface area contributed by atoms with E-state index >= 15 is 0 Å². The third-order valence-electron chi connectivity index (χ3n) is 4.73. The lowest BCUT2D eigenvalue weighted by Crippen LogP contribution is -2.22. The van der Waals surface area contributed by atoms with Crippen molar-refractivity contribution in [3.63, 3.8) is 0 Å². The molecule has 0 saturated heterocycles. The number of para-hydroxylation sites is 1. The van der Waals surface area contributed by atoms with Crippen LogP contribution in [0.5, 0.6) is 0 Å². The van der Waals surface area contributed by atoms with E-state index in [1.54, 1.807) is 12.2 Å². The molecule has 0 saturated carbocycles. The minimum absolute atomic E-state index is 0.128. The minimum Gasteiger partial charge on any atom is -0.423 e. The van der Waals surface area contributed by atoms with E-state index in [0.717, 1.165) is 17.5 Å². The van der Waals surface area contributed by atoms with Crippen LogP contribution in [0.15, 0.2) is 84.3 Å². The fraction of sp³-hybridized carbons (Fsp3) is 0.182. The van der Waals surface area contributed by atoms with Crippen LogP contribution in [0.25, 0.3) is 0 Å². The first-order valence-electron chi connectivity index (χ1n) is 8.38. The number of ether oxygens (including phenoxy) is 1. The predicted octanol–water partition coefficient (Wildman–Crippen LogP) is 3.98. The van der Waals surface area contributed by atoms with Gasteiger partial charge in [0.2, 0.25) is 0 Å². The fourth-order valence-electron chi connectivity index (χ4n) is 3.35. The molecule has 132 valence electrons. The first-order chi connectivity index (χ1) is 12.3. The van der Waals surface area contributed by atoms with E-state index in [9.17, 15) is 9.59 Å². The van der Waals surface area contributed by atoms with Crippen molar-refractivity contribution in [2.75, 3.05) is 11.9 Å². The monoisotopic (exact) mass is 347 g/mol. The summed E-state index contributed by atoms with van der Waals surface area (Å²) in [6, 6.07) is 8.27. The molecule has 0 spiro atoms. The van der Waals surface area contributed by atoms with Gasteiger partial charge in [0.15, 0.2) is 5.78 Å². The molecule has 0 amide bonds. The van der Waals surface area contributed by atoms with Gasteiger partial charge in [-0.1, -0.05) is 38.6 Å². The lowest BCUT2D eigenvalue weighted by atomic mass is 9.83. The van der Waals surface area contributed by atoms with Gasteiger partial charge in [0.25, 0.3) is 0 Å². The quantitative estimate of drug-likeness (QED) is 0.613. The maximum absolute atomic E-state index is 12.2. The number of carbonyl (C=O) groups is 2. The molecule has 0 atom stereocenters. The number of nitrogens with zero attached hydrogens (tertiary/aromatic N) is 1. The van der Waals surface area contributed by atoms with Gasteiger partial charge in [-0.3, -0.25) is 4.79 Å². The highest BCUT2D eigenvalue weighted by Crippen LogP contribution is 2.46. The van der Waals surface area contributed by atoms with Crippen LogP contribution in [0.4, 0.5) is 5.69 Å². The Morgan fingerprint density at radius 3 is 2.62 bits per heavy atom. The highest BCUT2D eigenvalue weighted by molar-refractivity contribution is 6.08. The molecule has 1 aliphatic heterocycles. The van der Waals surface area contributed by atoms with Crippen molar-refractivity contribution in [1.82, 2.24) is 0 Å². The highest BCUT2D eigenvalue weighted by Gasteiger charge is 2.37. The zero-order chi connectivity index (χ0) is 18.9. The van der Waals surface area contributed by atoms with Crippen LogP contribution in [0.2, 0.25) is 0 Å². The number of esters is 1. The van der Waals surface area contributed by atoms with Gasteiger partial charge in [0.05, 0.1) is 0 Å². The average Bonchev–Trinajstić information content (AvgIpc) is 2.82. The van der Waals surface area contributed by atoms with Gasteiger partial charge in [0, 0.05) is 35.5 Å². The SMILES string of the molecule is C=CC(=O)OC1=CC(=CC=C2N(C)c3ccccc3C2(C)C)C(=O)C=C1. The Morgan fingerprint density at radius 1 is 1.19 bits per heavy atom. The second kappa shape index (κ2) is 6.64. The number of anilines is 1. The lowest BCUT2D eigenvalue weighted by Gasteiger charge is -2.23. The van der Waals surface area contributed by atoms with Crippen LogP contribution in [-0.2, 0) is 19.7 Å².